The van der Waals surface area contributed by atoms with Crippen LogP contribution in [0, 0.1) is 0 Å². The van der Waals surface area contributed by atoms with E-state index in [0.29, 0.717) is 0 Å². The van der Waals surface area contributed by atoms with Crippen LogP contribution in [0.15, 0.2) is 41.5 Å². The van der Waals surface area contributed by atoms with E-state index in [9.17, 15) is 27.9 Å². The molecule has 0 bridgehead atoms. The lowest BCUT2D eigenvalue weighted by Gasteiger charge is -2.17. The normalized spacial score (nSPS) is 16.3. The van der Waals surface area contributed by atoms with Gasteiger partial charge in [0.15, 0.2) is 10.2 Å². The highest BCUT2D eigenvalue weighted by Crippen LogP contribution is 2.34. The van der Waals surface area contributed by atoms with E-state index in [1.54, 1.807) is 0 Å². The van der Waals surface area contributed by atoms with Crippen molar-refractivity contribution in [2.24, 2.45) is 5.10 Å². The Morgan fingerprint density at radius 2 is 2.04 bits per heavy atom. The molecular formula is C15H10F3N3O3S2. The summed E-state index contributed by atoms with van der Waals surface area (Å²) in [6, 6.07) is 7.03. The molecule has 26 heavy (non-hydrogen) atoms. The lowest BCUT2D eigenvalue weighted by molar-refractivity contribution is -0.137. The summed E-state index contributed by atoms with van der Waals surface area (Å²) in [5.74, 6) is -1.06. The number of benzene rings is 1. The summed E-state index contributed by atoms with van der Waals surface area (Å²) in [5.41, 5.74) is 1.35. The number of hydrazone groups is 1. The van der Waals surface area contributed by atoms with E-state index < -0.39 is 23.6 Å². The van der Waals surface area contributed by atoms with Crippen molar-refractivity contribution in [3.63, 3.8) is 0 Å². The highest BCUT2D eigenvalue weighted by Gasteiger charge is 2.34. The summed E-state index contributed by atoms with van der Waals surface area (Å²) in [7, 11) is 0. The summed E-state index contributed by atoms with van der Waals surface area (Å²) in [6.45, 7) is 0. The van der Waals surface area contributed by atoms with Crippen LogP contribution in [0.4, 0.5) is 18.9 Å². The third-order valence-electron chi connectivity index (χ3n) is 3.27. The van der Waals surface area contributed by atoms with E-state index in [4.69, 9.17) is 0 Å². The number of rotatable bonds is 3. The van der Waals surface area contributed by atoms with E-state index in [0.717, 1.165) is 40.1 Å². The summed E-state index contributed by atoms with van der Waals surface area (Å²) in [6.07, 6.45) is -4.54. The fourth-order valence-electron chi connectivity index (χ4n) is 2.12. The standard InChI is InChI=1S/C15H10F3N3O3S2/c16-15(17,18)8-2-1-3-9(6-8)21-11(22)7-25-14(21)20-19-13(24)10-4-5-12(23)26-10/h1-6,23H,7H2,(H,19,24)/b20-14+. The van der Waals surface area contributed by atoms with Crippen molar-refractivity contribution in [2.45, 2.75) is 6.18 Å². The molecule has 2 aromatic rings. The average Bonchev–Trinajstić information content (AvgIpc) is 3.18. The number of amidine groups is 1. The van der Waals surface area contributed by atoms with Crippen molar-refractivity contribution in [3.8, 4) is 5.06 Å². The fraction of sp³-hybridized carbons (Fsp3) is 0.133. The van der Waals surface area contributed by atoms with Crippen LogP contribution in [-0.4, -0.2) is 27.8 Å². The van der Waals surface area contributed by atoms with Crippen molar-refractivity contribution in [2.75, 3.05) is 10.7 Å². The number of carbonyl (C=O) groups excluding carboxylic acids is 2. The van der Waals surface area contributed by atoms with E-state index >= 15 is 0 Å². The molecule has 3 rings (SSSR count). The highest BCUT2D eigenvalue weighted by molar-refractivity contribution is 8.15. The number of anilines is 1. The molecule has 0 spiro atoms. The van der Waals surface area contributed by atoms with Crippen LogP contribution in [0.25, 0.3) is 0 Å². The first kappa shape index (κ1) is 18.3. The van der Waals surface area contributed by atoms with Crippen molar-refractivity contribution < 1.29 is 27.9 Å². The summed E-state index contributed by atoms with van der Waals surface area (Å²) in [4.78, 5) is 25.2. The SMILES string of the molecule is O=C(N/N=C1/SCC(=O)N1c1cccc(C(F)(F)F)c1)c1ccc(O)s1. The van der Waals surface area contributed by atoms with Crippen molar-refractivity contribution in [3.05, 3.63) is 46.8 Å². The number of nitrogens with one attached hydrogen (secondary N) is 1. The number of hydrogen-bond donors (Lipinski definition) is 2. The Kier molecular flexibility index (Phi) is 4.92. The molecule has 0 saturated carbocycles. The number of hydrogen-bond acceptors (Lipinski definition) is 6. The number of alkyl halides is 3. The molecule has 136 valence electrons. The molecule has 1 aromatic heterocycles. The van der Waals surface area contributed by atoms with Gasteiger partial charge in [0.05, 0.1) is 21.9 Å². The van der Waals surface area contributed by atoms with Crippen LogP contribution in [0.3, 0.4) is 0 Å². The number of thioether (sulfide) groups is 1. The molecule has 2 heterocycles. The van der Waals surface area contributed by atoms with Gasteiger partial charge in [-0.2, -0.15) is 13.2 Å². The Bertz CT molecular complexity index is 896. The van der Waals surface area contributed by atoms with Gasteiger partial charge in [-0.05, 0) is 30.3 Å². The van der Waals surface area contributed by atoms with Gasteiger partial charge in [0.1, 0.15) is 0 Å². The zero-order chi connectivity index (χ0) is 18.9. The monoisotopic (exact) mass is 401 g/mol. The van der Waals surface area contributed by atoms with Crippen molar-refractivity contribution in [1.29, 1.82) is 0 Å². The van der Waals surface area contributed by atoms with Gasteiger partial charge >= 0.3 is 6.18 Å². The third-order valence-corrected chi connectivity index (χ3v) is 5.08. The Hall–Kier alpha value is -2.53. The summed E-state index contributed by atoms with van der Waals surface area (Å²) < 4.78 is 38.6. The molecule has 1 aliphatic heterocycles. The van der Waals surface area contributed by atoms with E-state index in [1.807, 2.05) is 0 Å². The van der Waals surface area contributed by atoms with Crippen LogP contribution in [0.5, 0.6) is 5.06 Å². The molecule has 2 N–H and O–H groups in total. The first-order chi connectivity index (χ1) is 12.3. The highest BCUT2D eigenvalue weighted by atomic mass is 32.2. The maximum absolute atomic E-state index is 12.9. The molecule has 1 fully saturated rings. The quantitative estimate of drug-likeness (QED) is 0.774. The lowest BCUT2D eigenvalue weighted by Crippen LogP contribution is -2.31. The molecule has 0 atom stereocenters. The Balaban J connectivity index is 1.84. The fourth-order valence-corrected chi connectivity index (χ4v) is 3.59. The van der Waals surface area contributed by atoms with Crippen LogP contribution in [0.1, 0.15) is 15.2 Å². The van der Waals surface area contributed by atoms with Crippen LogP contribution < -0.4 is 10.3 Å². The van der Waals surface area contributed by atoms with Gasteiger partial charge in [-0.1, -0.05) is 29.2 Å². The maximum atomic E-state index is 12.9. The topological polar surface area (TPSA) is 82.0 Å². The molecule has 11 heteroatoms. The van der Waals surface area contributed by atoms with Crippen LogP contribution in [-0.2, 0) is 11.0 Å². The van der Waals surface area contributed by atoms with Crippen LogP contribution >= 0.6 is 23.1 Å². The van der Waals surface area contributed by atoms with E-state index in [-0.39, 0.29) is 26.5 Å². The van der Waals surface area contributed by atoms with Gasteiger partial charge in [-0.25, -0.2) is 5.43 Å². The molecule has 6 nitrogen and oxygen atoms in total. The van der Waals surface area contributed by atoms with Crippen molar-refractivity contribution in [1.82, 2.24) is 5.43 Å². The zero-order valence-corrected chi connectivity index (χ0v) is 14.4. The molecule has 1 aliphatic rings. The Morgan fingerprint density at radius 3 is 2.69 bits per heavy atom. The molecule has 1 aromatic carbocycles. The third kappa shape index (κ3) is 3.83. The van der Waals surface area contributed by atoms with E-state index in [1.165, 1.54) is 24.3 Å². The predicted octanol–water partition coefficient (Wildman–Crippen LogP) is 3.25. The zero-order valence-electron chi connectivity index (χ0n) is 12.8. The van der Waals surface area contributed by atoms with Crippen LogP contribution in [0.2, 0.25) is 0 Å². The first-order valence-electron chi connectivity index (χ1n) is 7.05. The van der Waals surface area contributed by atoms with Gasteiger partial charge in [0.25, 0.3) is 5.91 Å². The second-order valence-electron chi connectivity index (χ2n) is 5.04. The van der Waals surface area contributed by atoms with Gasteiger partial charge in [0.2, 0.25) is 5.91 Å². The second kappa shape index (κ2) is 7.00. The smallest absolute Gasteiger partial charge is 0.416 e. The average molecular weight is 401 g/mol. The molecule has 0 unspecified atom stereocenters. The number of thiophene rings is 1. The molecule has 0 aliphatic carbocycles. The number of carbonyl (C=O) groups is 2. The predicted molar refractivity (Wildman–Crippen MR) is 92.3 cm³/mol. The second-order valence-corrected chi connectivity index (χ2v) is 7.04. The number of halogens is 3. The summed E-state index contributed by atoms with van der Waals surface area (Å²) in [5, 5.41) is 13.1. The minimum atomic E-state index is -4.54. The lowest BCUT2D eigenvalue weighted by atomic mass is 10.2. The van der Waals surface area contributed by atoms with Gasteiger partial charge in [-0.15, -0.1) is 5.10 Å². The summed E-state index contributed by atoms with van der Waals surface area (Å²) >= 11 is 1.84. The Morgan fingerprint density at radius 1 is 1.27 bits per heavy atom. The molecule has 2 amide bonds. The minimum absolute atomic E-state index is 0.00919. The molecular weight excluding hydrogens is 391 g/mol. The number of amides is 2. The minimum Gasteiger partial charge on any atom is -0.499 e. The van der Waals surface area contributed by atoms with Gasteiger partial charge < -0.3 is 5.11 Å². The first-order valence-corrected chi connectivity index (χ1v) is 8.86. The van der Waals surface area contributed by atoms with Gasteiger partial charge in [0, 0.05) is 0 Å². The largest absolute Gasteiger partial charge is 0.499 e. The van der Waals surface area contributed by atoms with E-state index in [2.05, 4.69) is 10.5 Å². The molecule has 0 radical (unpaired) electrons. The Labute approximate surface area is 153 Å². The maximum Gasteiger partial charge on any atom is 0.416 e. The number of aromatic hydroxyl groups is 1. The number of nitrogens with zero attached hydrogens (tertiary/aromatic N) is 2. The molecule has 1 saturated heterocycles. The van der Waals surface area contributed by atoms with Crippen molar-refractivity contribution >= 4 is 45.8 Å². The van der Waals surface area contributed by atoms with Gasteiger partial charge in [-0.3, -0.25) is 14.5 Å².